The maximum atomic E-state index is 14.1. The molecule has 2 aromatic rings. The highest BCUT2D eigenvalue weighted by Gasteiger charge is 2.56. The minimum atomic E-state index is -1.00. The molecule has 4 aliphatic rings. The molecule has 2 aromatic carbocycles. The molecule has 10 nitrogen and oxygen atoms in total. The first kappa shape index (κ1) is 32.4. The number of benzene rings is 2. The molecule has 0 amide bonds. The Morgan fingerprint density at radius 1 is 0.800 bits per heavy atom. The molecule has 10 heteroatoms. The molecule has 0 aromatic heterocycles. The molecule has 4 fully saturated rings. The molecular formula is C35H44O10. The standard InChI is InChI=1S/C35H44O10/c1-33(2)39-21-26(41-33)29-30(43-34(3,4)42-29)27(37-19-22-13-9-7-10-14-22)24(36)17-18-25-28(38-20-23-15-11-8-12-16-23)31-32(40-25)45-35(5,6)44-31/h7-18,25-32H,19-21H2,1-6H3/b18-17+/t25-,26-,27?,28+,29-,30-,31-,32-/m1/s1. The van der Waals surface area contributed by atoms with Gasteiger partial charge in [-0.2, -0.15) is 0 Å². The number of carbonyl (C=O) groups excluding carboxylic acids is 1. The van der Waals surface area contributed by atoms with E-state index in [1.54, 1.807) is 6.08 Å². The third-order valence-corrected chi connectivity index (χ3v) is 8.17. The second-order valence-corrected chi connectivity index (χ2v) is 13.2. The summed E-state index contributed by atoms with van der Waals surface area (Å²) in [4.78, 5) is 14.1. The van der Waals surface area contributed by atoms with E-state index in [2.05, 4.69) is 0 Å². The van der Waals surface area contributed by atoms with Gasteiger partial charge in [-0.15, -0.1) is 0 Å². The fourth-order valence-electron chi connectivity index (χ4n) is 6.22. The third kappa shape index (κ3) is 7.73. The van der Waals surface area contributed by atoms with Crippen molar-refractivity contribution in [2.24, 2.45) is 0 Å². The maximum Gasteiger partial charge on any atom is 0.190 e. The third-order valence-electron chi connectivity index (χ3n) is 8.17. The van der Waals surface area contributed by atoms with Crippen LogP contribution in [0.4, 0.5) is 0 Å². The van der Waals surface area contributed by atoms with Crippen molar-refractivity contribution in [1.82, 2.24) is 0 Å². The number of ether oxygens (including phenoxy) is 9. The SMILES string of the molecule is CC1(C)O[C@H]2O[C@H](/C=C/C(=O)C(OCc3ccccc3)[C@H]3OC(C)(C)O[C@@H]3[C@H]3COC(C)(C)O3)[C@H](OCc3ccccc3)[C@H]2O1. The topological polar surface area (TPSA) is 100 Å². The van der Waals surface area contributed by atoms with Crippen LogP contribution in [0.25, 0.3) is 0 Å². The summed E-state index contributed by atoms with van der Waals surface area (Å²) in [5, 5.41) is 0. The highest BCUT2D eigenvalue weighted by atomic mass is 16.8. The molecule has 8 atom stereocenters. The highest BCUT2D eigenvalue weighted by Crippen LogP contribution is 2.40. The lowest BCUT2D eigenvalue weighted by Gasteiger charge is -2.28. The average Bonchev–Trinajstić information content (AvgIpc) is 3.70. The van der Waals surface area contributed by atoms with E-state index < -0.39 is 66.4 Å². The van der Waals surface area contributed by atoms with Crippen LogP contribution in [0.15, 0.2) is 72.8 Å². The van der Waals surface area contributed by atoms with E-state index in [1.165, 1.54) is 6.08 Å². The second-order valence-electron chi connectivity index (χ2n) is 13.2. The summed E-state index contributed by atoms with van der Waals surface area (Å²) in [5.41, 5.74) is 1.94. The monoisotopic (exact) mass is 624 g/mol. The number of ketones is 1. The number of fused-ring (bicyclic) bond motifs is 1. The quantitative estimate of drug-likeness (QED) is 0.323. The highest BCUT2D eigenvalue weighted by molar-refractivity contribution is 5.94. The van der Waals surface area contributed by atoms with Gasteiger partial charge in [0.05, 0.1) is 19.8 Å². The van der Waals surface area contributed by atoms with Crippen molar-refractivity contribution >= 4 is 5.78 Å². The zero-order valence-electron chi connectivity index (χ0n) is 26.8. The molecule has 0 aliphatic carbocycles. The van der Waals surface area contributed by atoms with Gasteiger partial charge in [-0.3, -0.25) is 4.79 Å². The number of rotatable bonds is 11. The van der Waals surface area contributed by atoms with E-state index in [0.717, 1.165) is 11.1 Å². The molecule has 6 rings (SSSR count). The molecule has 4 aliphatic heterocycles. The summed E-state index contributed by atoms with van der Waals surface area (Å²) in [6.07, 6.45) is -1.83. The van der Waals surface area contributed by atoms with Crippen molar-refractivity contribution in [2.75, 3.05) is 6.61 Å². The molecule has 0 N–H and O–H groups in total. The molecular weight excluding hydrogens is 580 g/mol. The lowest BCUT2D eigenvalue weighted by Crippen LogP contribution is -2.48. The predicted octanol–water partition coefficient (Wildman–Crippen LogP) is 4.83. The van der Waals surface area contributed by atoms with Gasteiger partial charge in [0.25, 0.3) is 0 Å². The molecule has 0 saturated carbocycles. The van der Waals surface area contributed by atoms with Crippen molar-refractivity contribution < 1.29 is 47.4 Å². The zero-order valence-corrected chi connectivity index (χ0v) is 26.8. The lowest BCUT2D eigenvalue weighted by molar-refractivity contribution is -0.213. The largest absolute Gasteiger partial charge is 0.368 e. The summed E-state index contributed by atoms with van der Waals surface area (Å²) >= 11 is 0. The smallest absolute Gasteiger partial charge is 0.190 e. The van der Waals surface area contributed by atoms with Crippen LogP contribution in [0.5, 0.6) is 0 Å². The Hall–Kier alpha value is -2.51. The molecule has 4 saturated heterocycles. The summed E-state index contributed by atoms with van der Waals surface area (Å²) < 4.78 is 55.7. The Morgan fingerprint density at radius 2 is 1.42 bits per heavy atom. The maximum absolute atomic E-state index is 14.1. The summed E-state index contributed by atoms with van der Waals surface area (Å²) in [5.74, 6) is -2.86. The van der Waals surface area contributed by atoms with Crippen LogP contribution >= 0.6 is 0 Å². The van der Waals surface area contributed by atoms with E-state index in [4.69, 9.17) is 42.6 Å². The lowest BCUT2D eigenvalue weighted by atomic mass is 9.99. The first-order chi connectivity index (χ1) is 21.4. The van der Waals surface area contributed by atoms with E-state index in [-0.39, 0.29) is 12.4 Å². The fourth-order valence-corrected chi connectivity index (χ4v) is 6.22. The first-order valence-electron chi connectivity index (χ1n) is 15.6. The van der Waals surface area contributed by atoms with Crippen molar-refractivity contribution in [1.29, 1.82) is 0 Å². The average molecular weight is 625 g/mol. The van der Waals surface area contributed by atoms with Crippen LogP contribution in [0, 0.1) is 0 Å². The van der Waals surface area contributed by atoms with Crippen LogP contribution in [0.3, 0.4) is 0 Å². The van der Waals surface area contributed by atoms with Crippen LogP contribution in [0.1, 0.15) is 52.7 Å². The Balaban J connectivity index is 1.22. The van der Waals surface area contributed by atoms with Gasteiger partial charge in [0.15, 0.2) is 29.4 Å². The van der Waals surface area contributed by atoms with Gasteiger partial charge in [-0.25, -0.2) is 0 Å². The minimum absolute atomic E-state index is 0.204. The number of carbonyl (C=O) groups is 1. The zero-order chi connectivity index (χ0) is 31.8. The van der Waals surface area contributed by atoms with Gasteiger partial charge in [0.1, 0.15) is 42.7 Å². The Morgan fingerprint density at radius 3 is 2.07 bits per heavy atom. The molecule has 0 spiro atoms. The van der Waals surface area contributed by atoms with Gasteiger partial charge in [0, 0.05) is 0 Å². The van der Waals surface area contributed by atoms with E-state index in [0.29, 0.717) is 13.2 Å². The fraction of sp³-hybridized carbons (Fsp3) is 0.571. The molecule has 244 valence electrons. The van der Waals surface area contributed by atoms with E-state index in [9.17, 15) is 4.79 Å². The van der Waals surface area contributed by atoms with Gasteiger partial charge >= 0.3 is 0 Å². The Bertz CT molecular complexity index is 1330. The summed E-state index contributed by atoms with van der Waals surface area (Å²) in [6, 6.07) is 19.6. The molecule has 0 radical (unpaired) electrons. The van der Waals surface area contributed by atoms with Crippen molar-refractivity contribution in [3.63, 3.8) is 0 Å². The molecule has 4 heterocycles. The Kier molecular flexibility index (Phi) is 9.33. The van der Waals surface area contributed by atoms with E-state index in [1.807, 2.05) is 102 Å². The number of hydrogen-bond acceptors (Lipinski definition) is 10. The molecule has 45 heavy (non-hydrogen) atoms. The summed E-state index contributed by atoms with van der Waals surface area (Å²) in [7, 11) is 0. The van der Waals surface area contributed by atoms with Crippen LogP contribution in [0.2, 0.25) is 0 Å². The van der Waals surface area contributed by atoms with Crippen molar-refractivity contribution in [3.8, 4) is 0 Å². The normalized spacial score (nSPS) is 33.9. The van der Waals surface area contributed by atoms with Gasteiger partial charge < -0.3 is 42.6 Å². The van der Waals surface area contributed by atoms with Crippen molar-refractivity contribution in [3.05, 3.63) is 83.9 Å². The molecule has 0 bridgehead atoms. The predicted molar refractivity (Wildman–Crippen MR) is 162 cm³/mol. The van der Waals surface area contributed by atoms with Gasteiger partial charge in [-0.1, -0.05) is 60.7 Å². The van der Waals surface area contributed by atoms with Gasteiger partial charge in [-0.05, 0) is 64.8 Å². The Labute approximate surface area is 264 Å². The second kappa shape index (κ2) is 12.9. The summed E-state index contributed by atoms with van der Waals surface area (Å²) in [6.45, 7) is 11.9. The van der Waals surface area contributed by atoms with Crippen LogP contribution in [-0.4, -0.2) is 78.8 Å². The number of hydrogen-bond donors (Lipinski definition) is 0. The molecule has 1 unspecified atom stereocenters. The first-order valence-corrected chi connectivity index (χ1v) is 15.6. The van der Waals surface area contributed by atoms with E-state index >= 15 is 0 Å². The van der Waals surface area contributed by atoms with Gasteiger partial charge in [0.2, 0.25) is 0 Å². The van der Waals surface area contributed by atoms with Crippen LogP contribution in [-0.2, 0) is 60.6 Å². The van der Waals surface area contributed by atoms with Crippen LogP contribution < -0.4 is 0 Å². The van der Waals surface area contributed by atoms with Crippen molar-refractivity contribution in [2.45, 2.75) is 121 Å². The minimum Gasteiger partial charge on any atom is -0.368 e.